The third kappa shape index (κ3) is 5.49. The summed E-state index contributed by atoms with van der Waals surface area (Å²) in [6.07, 6.45) is 6.40. The Labute approximate surface area is 117 Å². The molecule has 0 radical (unpaired) electrons. The first-order chi connectivity index (χ1) is 9.06. The van der Waals surface area contributed by atoms with E-state index in [1.807, 2.05) is 13.8 Å². The van der Waals surface area contributed by atoms with E-state index in [-0.39, 0.29) is 12.0 Å². The molecule has 0 spiro atoms. The van der Waals surface area contributed by atoms with E-state index in [1.54, 1.807) is 6.92 Å². The molecule has 0 amide bonds. The van der Waals surface area contributed by atoms with Crippen molar-refractivity contribution in [2.24, 2.45) is 0 Å². The van der Waals surface area contributed by atoms with Crippen molar-refractivity contribution in [3.63, 3.8) is 0 Å². The number of nitrogens with zero attached hydrogens (tertiary/aromatic N) is 1. The minimum atomic E-state index is -0.414. The zero-order valence-electron chi connectivity index (χ0n) is 12.6. The molecule has 0 heterocycles. The molecule has 2 unspecified atom stereocenters. The molecule has 1 fully saturated rings. The highest BCUT2D eigenvalue weighted by Crippen LogP contribution is 2.24. The van der Waals surface area contributed by atoms with Crippen LogP contribution in [0.5, 0.6) is 0 Å². The molecule has 1 rings (SSSR count). The van der Waals surface area contributed by atoms with E-state index in [4.69, 9.17) is 4.74 Å². The van der Waals surface area contributed by atoms with Crippen molar-refractivity contribution in [3.8, 4) is 0 Å². The number of aliphatic hydroxyl groups excluding tert-OH is 1. The third-order valence-electron chi connectivity index (χ3n) is 3.81. The van der Waals surface area contributed by atoms with Crippen LogP contribution in [0.2, 0.25) is 0 Å². The van der Waals surface area contributed by atoms with E-state index in [9.17, 15) is 9.90 Å². The van der Waals surface area contributed by atoms with Gasteiger partial charge in [-0.2, -0.15) is 0 Å². The Hall–Kier alpha value is -0.610. The standard InChI is InChI=1S/C15H29NO3/c1-4-10-19-15(18)13(3)16(11-12(2)17)14-8-6-5-7-9-14/h12-14,17H,4-11H2,1-3H3. The summed E-state index contributed by atoms with van der Waals surface area (Å²) in [5, 5.41) is 9.67. The lowest BCUT2D eigenvalue weighted by Gasteiger charge is -2.38. The van der Waals surface area contributed by atoms with Gasteiger partial charge in [-0.15, -0.1) is 0 Å². The lowest BCUT2D eigenvalue weighted by Crippen LogP contribution is -2.49. The molecule has 1 aliphatic rings. The van der Waals surface area contributed by atoms with Crippen LogP contribution in [0.1, 0.15) is 59.3 Å². The normalized spacial score (nSPS) is 20.3. The van der Waals surface area contributed by atoms with Gasteiger partial charge < -0.3 is 9.84 Å². The number of carbonyl (C=O) groups is 1. The molecule has 112 valence electrons. The smallest absolute Gasteiger partial charge is 0.323 e. The van der Waals surface area contributed by atoms with Crippen molar-refractivity contribution in [2.75, 3.05) is 13.2 Å². The molecule has 0 bridgehead atoms. The van der Waals surface area contributed by atoms with Crippen molar-refractivity contribution in [1.29, 1.82) is 0 Å². The predicted molar refractivity (Wildman–Crippen MR) is 76.0 cm³/mol. The van der Waals surface area contributed by atoms with Crippen molar-refractivity contribution >= 4 is 5.97 Å². The summed E-state index contributed by atoms with van der Waals surface area (Å²) in [5.74, 6) is -0.159. The molecule has 1 aliphatic carbocycles. The summed E-state index contributed by atoms with van der Waals surface area (Å²) in [7, 11) is 0. The first kappa shape index (κ1) is 16.4. The van der Waals surface area contributed by atoms with Crippen LogP contribution in [0.25, 0.3) is 0 Å². The molecule has 0 aromatic rings. The van der Waals surface area contributed by atoms with Crippen LogP contribution in [0, 0.1) is 0 Å². The van der Waals surface area contributed by atoms with Gasteiger partial charge >= 0.3 is 5.97 Å². The van der Waals surface area contributed by atoms with Crippen LogP contribution in [0.15, 0.2) is 0 Å². The molecule has 4 nitrogen and oxygen atoms in total. The first-order valence-corrected chi connectivity index (χ1v) is 7.66. The van der Waals surface area contributed by atoms with Gasteiger partial charge in [0, 0.05) is 12.6 Å². The van der Waals surface area contributed by atoms with Gasteiger partial charge in [-0.05, 0) is 33.1 Å². The molecule has 4 heteroatoms. The summed E-state index contributed by atoms with van der Waals surface area (Å²) in [6.45, 7) is 6.70. The Balaban J connectivity index is 2.62. The fourth-order valence-electron chi connectivity index (χ4n) is 2.80. The molecule has 1 saturated carbocycles. The van der Waals surface area contributed by atoms with Crippen LogP contribution in [0.4, 0.5) is 0 Å². The largest absolute Gasteiger partial charge is 0.465 e. The van der Waals surface area contributed by atoms with Gasteiger partial charge in [0.2, 0.25) is 0 Å². The highest BCUT2D eigenvalue weighted by molar-refractivity contribution is 5.75. The van der Waals surface area contributed by atoms with E-state index < -0.39 is 6.10 Å². The average molecular weight is 271 g/mol. The van der Waals surface area contributed by atoms with Gasteiger partial charge in [-0.3, -0.25) is 9.69 Å². The van der Waals surface area contributed by atoms with Gasteiger partial charge in [-0.25, -0.2) is 0 Å². The molecule has 0 aromatic heterocycles. The van der Waals surface area contributed by atoms with Crippen LogP contribution < -0.4 is 0 Å². The molecule has 1 N–H and O–H groups in total. The lowest BCUT2D eigenvalue weighted by atomic mass is 9.93. The molecular formula is C15H29NO3. The zero-order valence-corrected chi connectivity index (χ0v) is 12.6. The van der Waals surface area contributed by atoms with Gasteiger partial charge in [0.15, 0.2) is 0 Å². The summed E-state index contributed by atoms with van der Waals surface area (Å²) in [4.78, 5) is 14.2. The zero-order chi connectivity index (χ0) is 14.3. The van der Waals surface area contributed by atoms with E-state index in [0.29, 0.717) is 19.2 Å². The molecular weight excluding hydrogens is 242 g/mol. The molecule has 2 atom stereocenters. The maximum absolute atomic E-state index is 12.0. The molecule has 0 saturated heterocycles. The summed E-state index contributed by atoms with van der Waals surface area (Å²) in [6, 6.07) is 0.150. The summed E-state index contributed by atoms with van der Waals surface area (Å²) < 4.78 is 5.24. The first-order valence-electron chi connectivity index (χ1n) is 7.66. The van der Waals surface area contributed by atoms with E-state index in [2.05, 4.69) is 4.90 Å². The van der Waals surface area contributed by atoms with Crippen LogP contribution >= 0.6 is 0 Å². The van der Waals surface area contributed by atoms with Crippen LogP contribution in [-0.2, 0) is 9.53 Å². The van der Waals surface area contributed by atoms with E-state index in [1.165, 1.54) is 19.3 Å². The van der Waals surface area contributed by atoms with E-state index >= 15 is 0 Å². The maximum Gasteiger partial charge on any atom is 0.323 e. The highest BCUT2D eigenvalue weighted by Gasteiger charge is 2.30. The predicted octanol–water partition coefficient (Wildman–Crippen LogP) is 2.34. The average Bonchev–Trinajstić information content (AvgIpc) is 2.42. The number of esters is 1. The summed E-state index contributed by atoms with van der Waals surface area (Å²) in [5.41, 5.74) is 0. The monoisotopic (exact) mass is 271 g/mol. The quantitative estimate of drug-likeness (QED) is 0.722. The summed E-state index contributed by atoms with van der Waals surface area (Å²) >= 11 is 0. The number of hydrogen-bond acceptors (Lipinski definition) is 4. The molecule has 19 heavy (non-hydrogen) atoms. The fourth-order valence-corrected chi connectivity index (χ4v) is 2.80. The number of carbonyl (C=O) groups excluding carboxylic acids is 1. The van der Waals surface area contributed by atoms with E-state index in [0.717, 1.165) is 19.3 Å². The Bertz CT molecular complexity index is 262. The van der Waals surface area contributed by atoms with Gasteiger partial charge in [0.25, 0.3) is 0 Å². The van der Waals surface area contributed by atoms with Gasteiger partial charge in [0.1, 0.15) is 6.04 Å². The molecule has 0 aliphatic heterocycles. The lowest BCUT2D eigenvalue weighted by molar-refractivity contribution is -0.151. The van der Waals surface area contributed by atoms with Crippen LogP contribution in [0.3, 0.4) is 0 Å². The second kappa shape index (κ2) is 8.54. The second-order valence-corrected chi connectivity index (χ2v) is 5.68. The van der Waals surface area contributed by atoms with Gasteiger partial charge in [0.05, 0.1) is 12.7 Å². The minimum Gasteiger partial charge on any atom is -0.465 e. The fraction of sp³-hybridized carbons (Fsp3) is 0.933. The van der Waals surface area contributed by atoms with Crippen molar-refractivity contribution in [1.82, 2.24) is 4.90 Å². The number of ether oxygens (including phenoxy) is 1. The van der Waals surface area contributed by atoms with Crippen molar-refractivity contribution in [3.05, 3.63) is 0 Å². The highest BCUT2D eigenvalue weighted by atomic mass is 16.5. The minimum absolute atomic E-state index is 0.159. The Kier molecular flexibility index (Phi) is 7.39. The Morgan fingerprint density at radius 1 is 1.32 bits per heavy atom. The number of hydrogen-bond donors (Lipinski definition) is 1. The van der Waals surface area contributed by atoms with Crippen molar-refractivity contribution < 1.29 is 14.6 Å². The van der Waals surface area contributed by atoms with Crippen molar-refractivity contribution in [2.45, 2.75) is 77.5 Å². The Morgan fingerprint density at radius 2 is 1.95 bits per heavy atom. The Morgan fingerprint density at radius 3 is 2.47 bits per heavy atom. The third-order valence-corrected chi connectivity index (χ3v) is 3.81. The topological polar surface area (TPSA) is 49.8 Å². The van der Waals surface area contributed by atoms with Gasteiger partial charge in [-0.1, -0.05) is 26.2 Å². The SMILES string of the molecule is CCCOC(=O)C(C)N(CC(C)O)C1CCCCC1. The molecule has 0 aromatic carbocycles. The second-order valence-electron chi connectivity index (χ2n) is 5.68. The van der Waals surface area contributed by atoms with Crippen LogP contribution in [-0.4, -0.2) is 47.3 Å². The maximum atomic E-state index is 12.0. The number of rotatable bonds is 7. The number of aliphatic hydroxyl groups is 1.